The average molecular weight is 570 g/mol. The van der Waals surface area contributed by atoms with E-state index in [1.165, 1.54) is 11.0 Å². The molecule has 3 rings (SSSR count). The number of carbonyl (C=O) groups excluding carboxylic acids is 2. The molecule has 208 valence electrons. The lowest BCUT2D eigenvalue weighted by Crippen LogP contribution is -2.53. The normalized spacial score (nSPS) is 12.0. The van der Waals surface area contributed by atoms with Crippen LogP contribution in [0.4, 0.5) is 5.69 Å². The van der Waals surface area contributed by atoms with Gasteiger partial charge in [-0.05, 0) is 42.7 Å². The molecule has 0 spiro atoms. The first-order valence-electron chi connectivity index (χ1n) is 13.0. The van der Waals surface area contributed by atoms with Crippen LogP contribution in [-0.2, 0) is 32.6 Å². The summed E-state index contributed by atoms with van der Waals surface area (Å²) in [4.78, 5) is 29.0. The minimum Gasteiger partial charge on any atom is -0.354 e. The van der Waals surface area contributed by atoms with Crippen molar-refractivity contribution in [3.63, 3.8) is 0 Å². The molecule has 0 saturated heterocycles. The second-order valence-electron chi connectivity index (χ2n) is 9.61. The summed E-state index contributed by atoms with van der Waals surface area (Å²) in [5.74, 6) is -0.769. The second kappa shape index (κ2) is 14.1. The molecule has 0 fully saturated rings. The molecule has 0 heterocycles. The number of sulfonamides is 1. The highest BCUT2D eigenvalue weighted by molar-refractivity contribution is 7.92. The number of unbranched alkanes of at least 4 members (excludes halogenated alkanes) is 1. The van der Waals surface area contributed by atoms with Crippen molar-refractivity contribution in [3.05, 3.63) is 101 Å². The van der Waals surface area contributed by atoms with Crippen molar-refractivity contribution in [1.82, 2.24) is 10.2 Å². The van der Waals surface area contributed by atoms with E-state index in [0.717, 1.165) is 40.1 Å². The van der Waals surface area contributed by atoms with Crippen LogP contribution in [0.15, 0.2) is 78.9 Å². The molecule has 0 aromatic heterocycles. The SMILES string of the molecule is CCCCNC(=O)C(Cc1ccccc1)N(Cc1ccc(C)cc1)C(=O)CN(c1cccc(Cl)c1)S(C)(=O)=O. The van der Waals surface area contributed by atoms with Crippen LogP contribution in [0.2, 0.25) is 5.02 Å². The summed E-state index contributed by atoms with van der Waals surface area (Å²) in [5, 5.41) is 3.32. The van der Waals surface area contributed by atoms with Gasteiger partial charge in [-0.3, -0.25) is 13.9 Å². The van der Waals surface area contributed by atoms with Crippen LogP contribution in [0.5, 0.6) is 0 Å². The number of anilines is 1. The van der Waals surface area contributed by atoms with Crippen LogP contribution in [0.1, 0.15) is 36.5 Å². The Morgan fingerprint density at radius 2 is 1.64 bits per heavy atom. The van der Waals surface area contributed by atoms with E-state index in [0.29, 0.717) is 11.6 Å². The molecule has 3 aromatic carbocycles. The van der Waals surface area contributed by atoms with Gasteiger partial charge in [0.15, 0.2) is 0 Å². The summed E-state index contributed by atoms with van der Waals surface area (Å²) in [6.07, 6.45) is 3.06. The molecule has 2 amide bonds. The number of hydrogen-bond acceptors (Lipinski definition) is 4. The first kappa shape index (κ1) is 30.2. The van der Waals surface area contributed by atoms with Crippen molar-refractivity contribution < 1.29 is 18.0 Å². The fourth-order valence-corrected chi connectivity index (χ4v) is 5.22. The number of rotatable bonds is 13. The quantitative estimate of drug-likeness (QED) is 0.294. The number of halogens is 1. The van der Waals surface area contributed by atoms with E-state index >= 15 is 0 Å². The number of carbonyl (C=O) groups is 2. The molecule has 1 N–H and O–H groups in total. The van der Waals surface area contributed by atoms with E-state index in [2.05, 4.69) is 5.32 Å². The van der Waals surface area contributed by atoms with E-state index in [-0.39, 0.29) is 24.6 Å². The zero-order valence-electron chi connectivity index (χ0n) is 22.6. The first-order chi connectivity index (χ1) is 18.6. The number of nitrogens with zero attached hydrogens (tertiary/aromatic N) is 2. The summed E-state index contributed by atoms with van der Waals surface area (Å²) >= 11 is 6.13. The van der Waals surface area contributed by atoms with Gasteiger partial charge in [0.25, 0.3) is 0 Å². The molecule has 9 heteroatoms. The van der Waals surface area contributed by atoms with Gasteiger partial charge in [-0.2, -0.15) is 0 Å². The molecule has 0 saturated carbocycles. The molecule has 1 atom stereocenters. The summed E-state index contributed by atoms with van der Waals surface area (Å²) < 4.78 is 26.6. The van der Waals surface area contributed by atoms with Gasteiger partial charge in [-0.25, -0.2) is 8.42 Å². The first-order valence-corrected chi connectivity index (χ1v) is 15.2. The summed E-state index contributed by atoms with van der Waals surface area (Å²) in [7, 11) is -3.84. The van der Waals surface area contributed by atoms with Crippen molar-refractivity contribution >= 4 is 39.1 Å². The number of benzene rings is 3. The second-order valence-corrected chi connectivity index (χ2v) is 12.0. The van der Waals surface area contributed by atoms with Crippen molar-refractivity contribution in [2.24, 2.45) is 0 Å². The summed E-state index contributed by atoms with van der Waals surface area (Å²) in [5.41, 5.74) is 3.08. The maximum atomic E-state index is 14.0. The van der Waals surface area contributed by atoms with Gasteiger partial charge in [-0.1, -0.05) is 91.2 Å². The summed E-state index contributed by atoms with van der Waals surface area (Å²) in [6.45, 7) is 4.17. The summed E-state index contributed by atoms with van der Waals surface area (Å²) in [6, 6.07) is 22.7. The molecular weight excluding hydrogens is 534 g/mol. The van der Waals surface area contributed by atoms with Crippen molar-refractivity contribution in [3.8, 4) is 0 Å². The minimum atomic E-state index is -3.84. The zero-order valence-corrected chi connectivity index (χ0v) is 24.2. The highest BCUT2D eigenvalue weighted by Gasteiger charge is 2.33. The monoisotopic (exact) mass is 569 g/mol. The molecule has 39 heavy (non-hydrogen) atoms. The van der Waals surface area contributed by atoms with Crippen molar-refractivity contribution in [2.45, 2.75) is 45.7 Å². The van der Waals surface area contributed by atoms with Gasteiger partial charge in [0, 0.05) is 24.5 Å². The molecule has 0 bridgehead atoms. The van der Waals surface area contributed by atoms with Crippen LogP contribution >= 0.6 is 11.6 Å². The van der Waals surface area contributed by atoms with E-state index < -0.39 is 28.5 Å². The highest BCUT2D eigenvalue weighted by atomic mass is 35.5. The van der Waals surface area contributed by atoms with Crippen LogP contribution in [0, 0.1) is 6.92 Å². The Labute approximate surface area is 236 Å². The molecular formula is C30H36ClN3O4S. The average Bonchev–Trinajstić information content (AvgIpc) is 2.90. The van der Waals surface area contributed by atoms with Gasteiger partial charge >= 0.3 is 0 Å². The third kappa shape index (κ3) is 9.11. The molecule has 7 nitrogen and oxygen atoms in total. The van der Waals surface area contributed by atoms with Crippen LogP contribution in [0.3, 0.4) is 0 Å². The third-order valence-electron chi connectivity index (χ3n) is 6.35. The molecule has 1 unspecified atom stereocenters. The molecule has 0 radical (unpaired) electrons. The molecule has 0 aliphatic rings. The maximum absolute atomic E-state index is 14.0. The zero-order chi connectivity index (χ0) is 28.4. The lowest BCUT2D eigenvalue weighted by Gasteiger charge is -2.33. The Balaban J connectivity index is 2.02. The van der Waals surface area contributed by atoms with Gasteiger partial charge in [0.1, 0.15) is 12.6 Å². The Bertz CT molecular complexity index is 1350. The van der Waals surface area contributed by atoms with Crippen molar-refractivity contribution in [2.75, 3.05) is 23.7 Å². The number of amides is 2. The van der Waals surface area contributed by atoms with Gasteiger partial charge in [0.05, 0.1) is 11.9 Å². The van der Waals surface area contributed by atoms with Gasteiger partial charge < -0.3 is 10.2 Å². The minimum absolute atomic E-state index is 0.144. The Morgan fingerprint density at radius 1 is 0.949 bits per heavy atom. The fraction of sp³-hybridized carbons (Fsp3) is 0.333. The highest BCUT2D eigenvalue weighted by Crippen LogP contribution is 2.23. The number of hydrogen-bond donors (Lipinski definition) is 1. The largest absolute Gasteiger partial charge is 0.354 e. The van der Waals surface area contributed by atoms with E-state index in [4.69, 9.17) is 11.6 Å². The molecule has 3 aromatic rings. The Kier molecular flexibility index (Phi) is 10.9. The lowest BCUT2D eigenvalue weighted by molar-refractivity contribution is -0.140. The van der Waals surface area contributed by atoms with Gasteiger partial charge in [-0.15, -0.1) is 0 Å². The van der Waals surface area contributed by atoms with Crippen LogP contribution in [0.25, 0.3) is 0 Å². The Morgan fingerprint density at radius 3 is 2.26 bits per heavy atom. The molecule has 0 aliphatic carbocycles. The fourth-order valence-electron chi connectivity index (χ4n) is 4.20. The van der Waals surface area contributed by atoms with Crippen molar-refractivity contribution in [1.29, 1.82) is 0 Å². The lowest BCUT2D eigenvalue weighted by atomic mass is 10.0. The number of aryl methyl sites for hydroxylation is 1. The molecule has 0 aliphatic heterocycles. The van der Waals surface area contributed by atoms with E-state index in [1.54, 1.807) is 18.2 Å². The predicted molar refractivity (Wildman–Crippen MR) is 157 cm³/mol. The van der Waals surface area contributed by atoms with Crippen LogP contribution in [-0.4, -0.2) is 50.5 Å². The van der Waals surface area contributed by atoms with Crippen LogP contribution < -0.4 is 9.62 Å². The smallest absolute Gasteiger partial charge is 0.244 e. The standard InChI is InChI=1S/C30H36ClN3O4S/c1-4-5-18-32-30(36)28(19-24-10-7-6-8-11-24)33(21-25-16-14-23(2)15-17-25)29(35)22-34(39(3,37)38)27-13-9-12-26(31)20-27/h6-17,20,28H,4-5,18-19,21-22H2,1-3H3,(H,32,36). The van der Waals surface area contributed by atoms with E-state index in [9.17, 15) is 18.0 Å². The van der Waals surface area contributed by atoms with Gasteiger partial charge in [0.2, 0.25) is 21.8 Å². The predicted octanol–water partition coefficient (Wildman–Crippen LogP) is 4.97. The Hall–Kier alpha value is -3.36. The number of nitrogens with one attached hydrogen (secondary N) is 1. The third-order valence-corrected chi connectivity index (χ3v) is 7.73. The van der Waals surface area contributed by atoms with E-state index in [1.807, 2.05) is 68.4 Å². The maximum Gasteiger partial charge on any atom is 0.244 e. The topological polar surface area (TPSA) is 86.8 Å².